The Balaban J connectivity index is 2.45. The molecule has 0 aromatic rings. The Bertz CT molecular complexity index is 208. The standard InChI is InChI=1S/C14H30N2O/c1-6-14-10-17-8-7-16(14)13(5)12(4)9-15-11(2)3/h11-15H,6-10H2,1-5H3. The van der Waals surface area contributed by atoms with Crippen LogP contribution in [0.5, 0.6) is 0 Å². The zero-order valence-electron chi connectivity index (χ0n) is 12.2. The Morgan fingerprint density at radius 1 is 1.29 bits per heavy atom. The monoisotopic (exact) mass is 242 g/mol. The maximum Gasteiger partial charge on any atom is 0.0622 e. The smallest absolute Gasteiger partial charge is 0.0622 e. The molecule has 1 aliphatic heterocycles. The summed E-state index contributed by atoms with van der Waals surface area (Å²) in [6.07, 6.45) is 1.19. The minimum Gasteiger partial charge on any atom is -0.378 e. The summed E-state index contributed by atoms with van der Waals surface area (Å²) >= 11 is 0. The van der Waals surface area contributed by atoms with Gasteiger partial charge in [-0.1, -0.05) is 27.7 Å². The van der Waals surface area contributed by atoms with E-state index in [1.807, 2.05) is 0 Å². The highest BCUT2D eigenvalue weighted by atomic mass is 16.5. The molecule has 3 nitrogen and oxygen atoms in total. The summed E-state index contributed by atoms with van der Waals surface area (Å²) in [6, 6.07) is 1.83. The third-order valence-electron chi connectivity index (χ3n) is 3.94. The van der Waals surface area contributed by atoms with Crippen molar-refractivity contribution in [2.45, 2.75) is 59.2 Å². The van der Waals surface area contributed by atoms with Gasteiger partial charge >= 0.3 is 0 Å². The average Bonchev–Trinajstić information content (AvgIpc) is 2.34. The second-order valence-electron chi connectivity index (χ2n) is 5.66. The average molecular weight is 242 g/mol. The van der Waals surface area contributed by atoms with Gasteiger partial charge in [0.05, 0.1) is 13.2 Å². The highest BCUT2D eigenvalue weighted by molar-refractivity contribution is 4.82. The summed E-state index contributed by atoms with van der Waals surface area (Å²) in [7, 11) is 0. The van der Waals surface area contributed by atoms with Crippen molar-refractivity contribution in [1.82, 2.24) is 10.2 Å². The van der Waals surface area contributed by atoms with Crippen LogP contribution in [0.2, 0.25) is 0 Å². The molecule has 1 aliphatic rings. The van der Waals surface area contributed by atoms with E-state index in [0.717, 1.165) is 26.3 Å². The molecule has 0 aromatic carbocycles. The van der Waals surface area contributed by atoms with Gasteiger partial charge in [0.15, 0.2) is 0 Å². The Kier molecular flexibility index (Phi) is 6.45. The molecule has 3 heteroatoms. The van der Waals surface area contributed by atoms with Crippen molar-refractivity contribution in [1.29, 1.82) is 0 Å². The second kappa shape index (κ2) is 7.34. The minimum absolute atomic E-state index is 0.580. The number of hydrogen-bond donors (Lipinski definition) is 1. The van der Waals surface area contributed by atoms with E-state index in [1.54, 1.807) is 0 Å². The quantitative estimate of drug-likeness (QED) is 0.772. The highest BCUT2D eigenvalue weighted by Crippen LogP contribution is 2.18. The first kappa shape index (κ1) is 14.9. The molecule has 1 rings (SSSR count). The van der Waals surface area contributed by atoms with Crippen molar-refractivity contribution >= 4 is 0 Å². The molecule has 1 saturated heterocycles. The normalized spacial score (nSPS) is 26.1. The van der Waals surface area contributed by atoms with Crippen LogP contribution in [0.3, 0.4) is 0 Å². The molecule has 0 bridgehead atoms. The predicted octanol–water partition coefficient (Wildman–Crippen LogP) is 2.12. The molecular formula is C14H30N2O. The van der Waals surface area contributed by atoms with Crippen LogP contribution >= 0.6 is 0 Å². The molecule has 3 atom stereocenters. The van der Waals surface area contributed by atoms with Crippen molar-refractivity contribution in [2.24, 2.45) is 5.92 Å². The maximum absolute atomic E-state index is 5.57. The number of morpholine rings is 1. The molecule has 1 heterocycles. The van der Waals surface area contributed by atoms with Crippen molar-refractivity contribution in [3.63, 3.8) is 0 Å². The lowest BCUT2D eigenvalue weighted by Gasteiger charge is -2.41. The van der Waals surface area contributed by atoms with Gasteiger partial charge in [-0.25, -0.2) is 0 Å². The summed E-state index contributed by atoms with van der Waals surface area (Å²) < 4.78 is 5.57. The van der Waals surface area contributed by atoms with Crippen molar-refractivity contribution in [3.8, 4) is 0 Å². The van der Waals surface area contributed by atoms with Crippen molar-refractivity contribution in [3.05, 3.63) is 0 Å². The van der Waals surface area contributed by atoms with Crippen LogP contribution < -0.4 is 5.32 Å². The first-order valence-corrected chi connectivity index (χ1v) is 7.13. The van der Waals surface area contributed by atoms with E-state index in [9.17, 15) is 0 Å². The number of ether oxygens (including phenoxy) is 1. The van der Waals surface area contributed by atoms with Gasteiger partial charge in [-0.3, -0.25) is 4.90 Å². The van der Waals surface area contributed by atoms with Crippen LogP contribution in [0, 0.1) is 5.92 Å². The van der Waals surface area contributed by atoms with Gasteiger partial charge in [0.1, 0.15) is 0 Å². The molecule has 0 aromatic heterocycles. The van der Waals surface area contributed by atoms with Crippen LogP contribution in [0.4, 0.5) is 0 Å². The van der Waals surface area contributed by atoms with Crippen LogP contribution in [0.1, 0.15) is 41.0 Å². The number of nitrogens with one attached hydrogen (secondary N) is 1. The zero-order chi connectivity index (χ0) is 12.8. The number of rotatable bonds is 6. The van der Waals surface area contributed by atoms with E-state index >= 15 is 0 Å². The first-order valence-electron chi connectivity index (χ1n) is 7.13. The lowest BCUT2D eigenvalue weighted by molar-refractivity contribution is -0.0366. The fraction of sp³-hybridized carbons (Fsp3) is 1.00. The van der Waals surface area contributed by atoms with Crippen LogP contribution in [-0.2, 0) is 4.74 Å². The molecule has 0 aliphatic carbocycles. The summed E-state index contributed by atoms with van der Waals surface area (Å²) in [5.74, 6) is 0.685. The van der Waals surface area contributed by atoms with Gasteiger partial charge < -0.3 is 10.1 Å². The third-order valence-corrected chi connectivity index (χ3v) is 3.94. The Hall–Kier alpha value is -0.120. The summed E-state index contributed by atoms with van der Waals surface area (Å²) in [6.45, 7) is 15.4. The molecule has 0 amide bonds. The highest BCUT2D eigenvalue weighted by Gasteiger charge is 2.28. The van der Waals surface area contributed by atoms with Crippen molar-refractivity contribution < 1.29 is 4.74 Å². The number of hydrogen-bond acceptors (Lipinski definition) is 3. The summed E-state index contributed by atoms with van der Waals surface area (Å²) in [5.41, 5.74) is 0. The van der Waals surface area contributed by atoms with E-state index in [0.29, 0.717) is 24.0 Å². The Labute approximate surface area is 107 Å². The van der Waals surface area contributed by atoms with E-state index in [-0.39, 0.29) is 0 Å². The van der Waals surface area contributed by atoms with E-state index in [2.05, 4.69) is 44.8 Å². The largest absolute Gasteiger partial charge is 0.378 e. The Morgan fingerprint density at radius 3 is 2.59 bits per heavy atom. The lowest BCUT2D eigenvalue weighted by atomic mass is 9.98. The molecule has 0 radical (unpaired) electrons. The van der Waals surface area contributed by atoms with Gasteiger partial charge in [-0.15, -0.1) is 0 Å². The van der Waals surface area contributed by atoms with E-state index in [1.165, 1.54) is 6.42 Å². The minimum atomic E-state index is 0.580. The number of nitrogens with zero attached hydrogens (tertiary/aromatic N) is 1. The van der Waals surface area contributed by atoms with E-state index in [4.69, 9.17) is 4.74 Å². The fourth-order valence-corrected chi connectivity index (χ4v) is 2.48. The molecule has 0 saturated carbocycles. The first-order chi connectivity index (χ1) is 8.06. The van der Waals surface area contributed by atoms with Gasteiger partial charge in [0, 0.05) is 24.7 Å². The fourth-order valence-electron chi connectivity index (χ4n) is 2.48. The van der Waals surface area contributed by atoms with Crippen LogP contribution in [0.15, 0.2) is 0 Å². The molecule has 102 valence electrons. The molecular weight excluding hydrogens is 212 g/mol. The molecule has 1 fully saturated rings. The molecule has 3 unspecified atom stereocenters. The Morgan fingerprint density at radius 2 is 2.00 bits per heavy atom. The SMILES string of the molecule is CCC1COCCN1C(C)C(C)CNC(C)C. The van der Waals surface area contributed by atoms with Gasteiger partial charge in [0.2, 0.25) is 0 Å². The van der Waals surface area contributed by atoms with E-state index < -0.39 is 0 Å². The molecule has 1 N–H and O–H groups in total. The summed E-state index contributed by atoms with van der Waals surface area (Å²) in [4.78, 5) is 2.64. The topological polar surface area (TPSA) is 24.5 Å². The van der Waals surface area contributed by atoms with Crippen LogP contribution in [0.25, 0.3) is 0 Å². The zero-order valence-corrected chi connectivity index (χ0v) is 12.2. The van der Waals surface area contributed by atoms with Gasteiger partial charge in [-0.2, -0.15) is 0 Å². The van der Waals surface area contributed by atoms with Crippen molar-refractivity contribution in [2.75, 3.05) is 26.3 Å². The second-order valence-corrected chi connectivity index (χ2v) is 5.66. The third kappa shape index (κ3) is 4.57. The molecule has 17 heavy (non-hydrogen) atoms. The lowest BCUT2D eigenvalue weighted by Crippen LogP contribution is -2.52. The summed E-state index contributed by atoms with van der Waals surface area (Å²) in [5, 5.41) is 3.54. The molecule has 0 spiro atoms. The predicted molar refractivity (Wildman–Crippen MR) is 73.4 cm³/mol. The van der Waals surface area contributed by atoms with Gasteiger partial charge in [-0.05, 0) is 25.8 Å². The van der Waals surface area contributed by atoms with Gasteiger partial charge in [0.25, 0.3) is 0 Å². The van der Waals surface area contributed by atoms with Crippen LogP contribution in [-0.4, -0.2) is 49.3 Å². The maximum atomic E-state index is 5.57.